The van der Waals surface area contributed by atoms with E-state index < -0.39 is 0 Å². The Kier molecular flexibility index (Phi) is 6.01. The van der Waals surface area contributed by atoms with Gasteiger partial charge in [-0.2, -0.15) is 0 Å². The summed E-state index contributed by atoms with van der Waals surface area (Å²) in [7, 11) is 0. The molecule has 5 heteroatoms. The summed E-state index contributed by atoms with van der Waals surface area (Å²) in [5.41, 5.74) is 6.22. The normalized spacial score (nSPS) is 11.8. The second-order valence-electron chi connectivity index (χ2n) is 12.0. The van der Waals surface area contributed by atoms with Gasteiger partial charge in [-0.15, -0.1) is 11.3 Å². The number of para-hydroxylation sites is 2. The molecule has 0 atom stereocenters. The van der Waals surface area contributed by atoms with Crippen LogP contribution in [0.15, 0.2) is 158 Å². The van der Waals surface area contributed by atoms with E-state index in [1.807, 2.05) is 18.2 Å². The van der Waals surface area contributed by atoms with E-state index in [1.165, 1.54) is 41.7 Å². The average Bonchev–Trinajstić information content (AvgIpc) is 3.69. The molecular formula is C43H26N4S. The van der Waals surface area contributed by atoms with Gasteiger partial charge in [0.25, 0.3) is 0 Å². The van der Waals surface area contributed by atoms with Crippen LogP contribution in [0.5, 0.6) is 0 Å². The molecule has 0 N–H and O–H groups in total. The summed E-state index contributed by atoms with van der Waals surface area (Å²) < 4.78 is 4.80. The smallest absolute Gasteiger partial charge is 0.166 e. The van der Waals surface area contributed by atoms with Crippen LogP contribution in [0.1, 0.15) is 0 Å². The molecule has 4 nitrogen and oxygen atoms in total. The van der Waals surface area contributed by atoms with Gasteiger partial charge in [-0.1, -0.05) is 115 Å². The largest absolute Gasteiger partial charge is 0.308 e. The molecule has 0 unspecified atom stereocenters. The summed E-state index contributed by atoms with van der Waals surface area (Å²) in [5, 5.41) is 7.33. The van der Waals surface area contributed by atoms with E-state index in [9.17, 15) is 0 Å². The molecule has 0 spiro atoms. The lowest BCUT2D eigenvalue weighted by molar-refractivity contribution is 1.07. The van der Waals surface area contributed by atoms with Crippen molar-refractivity contribution in [2.75, 3.05) is 0 Å². The molecule has 10 rings (SSSR count). The zero-order valence-electron chi connectivity index (χ0n) is 25.7. The minimum Gasteiger partial charge on any atom is -0.308 e. The van der Waals surface area contributed by atoms with Gasteiger partial charge in [0.15, 0.2) is 17.5 Å². The highest BCUT2D eigenvalue weighted by Crippen LogP contribution is 2.41. The van der Waals surface area contributed by atoms with Crippen molar-refractivity contribution >= 4 is 64.1 Å². The summed E-state index contributed by atoms with van der Waals surface area (Å²) in [5.74, 6) is 1.95. The van der Waals surface area contributed by atoms with E-state index >= 15 is 0 Å². The van der Waals surface area contributed by atoms with Crippen LogP contribution >= 0.6 is 11.3 Å². The van der Waals surface area contributed by atoms with Gasteiger partial charge in [0.2, 0.25) is 0 Å². The first-order valence-corrected chi connectivity index (χ1v) is 16.9. The number of nitrogens with zero attached hydrogens (tertiary/aromatic N) is 4. The van der Waals surface area contributed by atoms with Crippen LogP contribution in [0.2, 0.25) is 0 Å². The Bertz CT molecular complexity index is 2850. The predicted octanol–water partition coefficient (Wildman–Crippen LogP) is 11.5. The number of thiophene rings is 1. The Balaban J connectivity index is 1.26. The minimum absolute atomic E-state index is 0.638. The molecule has 0 saturated heterocycles. The van der Waals surface area contributed by atoms with Crippen LogP contribution < -0.4 is 0 Å². The lowest BCUT2D eigenvalue weighted by Crippen LogP contribution is -2.03. The number of benzene rings is 7. The van der Waals surface area contributed by atoms with Crippen LogP contribution in [0.25, 0.3) is 92.6 Å². The zero-order chi connectivity index (χ0) is 31.6. The molecule has 7 aromatic carbocycles. The fraction of sp³-hybridized carbons (Fsp3) is 0. The first kappa shape index (κ1) is 27.0. The van der Waals surface area contributed by atoms with Crippen LogP contribution in [-0.2, 0) is 0 Å². The Morgan fingerprint density at radius 2 is 1.04 bits per heavy atom. The third-order valence-corrected chi connectivity index (χ3v) is 10.5. The maximum atomic E-state index is 5.27. The second kappa shape index (κ2) is 10.7. The topological polar surface area (TPSA) is 43.6 Å². The summed E-state index contributed by atoms with van der Waals surface area (Å²) in [4.78, 5) is 15.6. The van der Waals surface area contributed by atoms with Crippen LogP contribution in [0.3, 0.4) is 0 Å². The lowest BCUT2D eigenvalue weighted by atomic mass is 10.1. The van der Waals surface area contributed by atoms with Crippen LogP contribution in [0.4, 0.5) is 0 Å². The molecule has 0 aliphatic carbocycles. The molecule has 224 valence electrons. The van der Waals surface area contributed by atoms with Gasteiger partial charge < -0.3 is 4.57 Å². The molecule has 10 aromatic rings. The summed E-state index contributed by atoms with van der Waals surface area (Å²) in [6.07, 6.45) is 0. The maximum absolute atomic E-state index is 5.27. The molecule has 48 heavy (non-hydrogen) atoms. The van der Waals surface area contributed by atoms with Gasteiger partial charge in [-0.3, -0.25) is 0 Å². The lowest BCUT2D eigenvalue weighted by Gasteiger charge is -2.15. The highest BCUT2D eigenvalue weighted by atomic mass is 32.1. The average molecular weight is 631 g/mol. The standard InChI is InChI=1S/C43H26N4S/c1-2-13-27(14-3-1)41-44-42(46-43(45-41)34-21-12-20-32-31-18-8-11-24-39(31)48-40(32)34)33-19-7-10-23-37(33)47-36-22-9-6-17-30(36)35-25-28-15-4-5-16-29(28)26-38(35)47/h1-26H. The highest BCUT2D eigenvalue weighted by Gasteiger charge is 2.20. The van der Waals surface area contributed by atoms with Gasteiger partial charge in [0.05, 0.1) is 16.7 Å². The Morgan fingerprint density at radius 1 is 0.417 bits per heavy atom. The van der Waals surface area contributed by atoms with Gasteiger partial charge in [-0.05, 0) is 53.2 Å². The van der Waals surface area contributed by atoms with Crippen molar-refractivity contribution in [3.8, 4) is 39.9 Å². The van der Waals surface area contributed by atoms with Crippen molar-refractivity contribution in [2.45, 2.75) is 0 Å². The number of hydrogen-bond acceptors (Lipinski definition) is 4. The fourth-order valence-electron chi connectivity index (χ4n) is 7.03. The van der Waals surface area contributed by atoms with Crippen molar-refractivity contribution in [1.82, 2.24) is 19.5 Å². The second-order valence-corrected chi connectivity index (χ2v) is 13.1. The molecule has 0 radical (unpaired) electrons. The van der Waals surface area contributed by atoms with Gasteiger partial charge in [0.1, 0.15) is 0 Å². The molecule has 0 aliphatic rings. The molecule has 0 fully saturated rings. The van der Waals surface area contributed by atoms with Crippen molar-refractivity contribution in [1.29, 1.82) is 0 Å². The monoisotopic (exact) mass is 630 g/mol. The Labute approximate surface area is 280 Å². The molecule has 0 bridgehead atoms. The molecule has 3 heterocycles. The SMILES string of the molecule is c1ccc(-c2nc(-c3ccccc3-n3c4ccccc4c4cc5ccccc5cc43)nc(-c3cccc4c3sc3ccccc34)n2)cc1. The molecule has 3 aromatic heterocycles. The summed E-state index contributed by atoms with van der Waals surface area (Å²) in [6.45, 7) is 0. The number of aromatic nitrogens is 4. The van der Waals surface area contributed by atoms with E-state index in [0.29, 0.717) is 17.5 Å². The number of fused-ring (bicyclic) bond motifs is 7. The first-order valence-electron chi connectivity index (χ1n) is 16.0. The van der Waals surface area contributed by atoms with Gasteiger partial charge in [-0.25, -0.2) is 15.0 Å². The van der Waals surface area contributed by atoms with Crippen molar-refractivity contribution in [3.63, 3.8) is 0 Å². The fourth-order valence-corrected chi connectivity index (χ4v) is 8.24. The molecule has 0 aliphatic heterocycles. The third kappa shape index (κ3) is 4.18. The maximum Gasteiger partial charge on any atom is 0.166 e. The van der Waals surface area contributed by atoms with E-state index in [0.717, 1.165) is 33.4 Å². The quantitative estimate of drug-likeness (QED) is 0.194. The van der Waals surface area contributed by atoms with E-state index in [-0.39, 0.29) is 0 Å². The first-order chi connectivity index (χ1) is 23.8. The summed E-state index contributed by atoms with van der Waals surface area (Å²) in [6, 6.07) is 55.5. The van der Waals surface area contributed by atoms with Gasteiger partial charge >= 0.3 is 0 Å². The number of hydrogen-bond donors (Lipinski definition) is 0. The Morgan fingerprint density at radius 3 is 1.92 bits per heavy atom. The number of rotatable bonds is 4. The van der Waals surface area contributed by atoms with Crippen molar-refractivity contribution in [3.05, 3.63) is 158 Å². The van der Waals surface area contributed by atoms with E-state index in [1.54, 1.807) is 11.3 Å². The Hall–Kier alpha value is -6.17. The minimum atomic E-state index is 0.638. The molecule has 0 saturated carbocycles. The summed E-state index contributed by atoms with van der Waals surface area (Å²) >= 11 is 1.79. The molecule has 0 amide bonds. The van der Waals surface area contributed by atoms with Crippen molar-refractivity contribution in [2.24, 2.45) is 0 Å². The van der Waals surface area contributed by atoms with Gasteiger partial charge in [0, 0.05) is 47.6 Å². The zero-order valence-corrected chi connectivity index (χ0v) is 26.5. The van der Waals surface area contributed by atoms with Crippen LogP contribution in [-0.4, -0.2) is 19.5 Å². The highest BCUT2D eigenvalue weighted by molar-refractivity contribution is 7.26. The van der Waals surface area contributed by atoms with E-state index in [4.69, 9.17) is 15.0 Å². The van der Waals surface area contributed by atoms with Crippen molar-refractivity contribution < 1.29 is 0 Å². The molecular weight excluding hydrogens is 605 g/mol. The third-order valence-electron chi connectivity index (χ3n) is 9.24. The van der Waals surface area contributed by atoms with E-state index in [2.05, 4.69) is 144 Å². The predicted molar refractivity (Wildman–Crippen MR) is 201 cm³/mol. The van der Waals surface area contributed by atoms with Crippen LogP contribution in [0, 0.1) is 0 Å².